The van der Waals surface area contributed by atoms with Crippen LogP contribution in [0.2, 0.25) is 0 Å². The van der Waals surface area contributed by atoms with Gasteiger partial charge in [-0.2, -0.15) is 13.2 Å². The highest BCUT2D eigenvalue weighted by atomic mass is 32.1. The standard InChI is InChI=1S/C23H22F4N2O4S/c24-15-2-1-13-10-32-22(19(13)6-15)7-17-3-4-18(8-22)29(17)9-14(5-16-11-34-12-28-16)20(30)33-21(31)23(25,26)27/h1-2,6,11-12,14,17-18H,3-5,7-10H2. The van der Waals surface area contributed by atoms with Crippen LogP contribution in [0.3, 0.4) is 0 Å². The van der Waals surface area contributed by atoms with E-state index in [0.717, 1.165) is 24.0 Å². The lowest BCUT2D eigenvalue weighted by molar-refractivity contribution is -0.203. The predicted octanol–water partition coefficient (Wildman–Crippen LogP) is 4.13. The Morgan fingerprint density at radius 1 is 1.26 bits per heavy atom. The van der Waals surface area contributed by atoms with E-state index < -0.39 is 29.6 Å². The minimum Gasteiger partial charge on any atom is -0.386 e. The van der Waals surface area contributed by atoms with Crippen molar-refractivity contribution in [2.24, 2.45) is 5.92 Å². The SMILES string of the molecule is O=C(OC(=O)C(F)(F)F)C(Cc1cscn1)CN1C2CCC1CC1(C2)OCc2ccc(F)cc21. The smallest absolute Gasteiger partial charge is 0.386 e. The number of nitrogens with zero attached hydrogens (tertiary/aromatic N) is 2. The van der Waals surface area contributed by atoms with Crippen molar-refractivity contribution in [2.75, 3.05) is 6.54 Å². The normalized spacial score (nSPS) is 27.1. The molecule has 1 aromatic carbocycles. The molecule has 2 aromatic rings. The molecular weight excluding hydrogens is 476 g/mol. The second kappa shape index (κ2) is 8.69. The molecule has 0 saturated carbocycles. The molecular formula is C23H22F4N2O4S. The number of thiazole rings is 1. The van der Waals surface area contributed by atoms with Crippen molar-refractivity contribution in [3.8, 4) is 0 Å². The van der Waals surface area contributed by atoms with Gasteiger partial charge in [-0.15, -0.1) is 11.3 Å². The van der Waals surface area contributed by atoms with Gasteiger partial charge in [0.15, 0.2) is 0 Å². The van der Waals surface area contributed by atoms with Crippen LogP contribution in [0.5, 0.6) is 0 Å². The van der Waals surface area contributed by atoms with Crippen LogP contribution in [0.1, 0.15) is 42.5 Å². The van der Waals surface area contributed by atoms with Crippen LogP contribution in [0, 0.1) is 11.7 Å². The number of carbonyl (C=O) groups excluding carboxylic acids is 2. The highest BCUT2D eigenvalue weighted by molar-refractivity contribution is 7.07. The number of ether oxygens (including phenoxy) is 2. The lowest BCUT2D eigenvalue weighted by Crippen LogP contribution is -2.52. The summed E-state index contributed by atoms with van der Waals surface area (Å²) in [5.74, 6) is -5.03. The van der Waals surface area contributed by atoms with Gasteiger partial charge in [-0.3, -0.25) is 9.69 Å². The van der Waals surface area contributed by atoms with Gasteiger partial charge in [0.25, 0.3) is 0 Å². The van der Waals surface area contributed by atoms with Gasteiger partial charge in [0.05, 0.1) is 29.3 Å². The van der Waals surface area contributed by atoms with Crippen molar-refractivity contribution in [1.82, 2.24) is 9.88 Å². The molecule has 182 valence electrons. The zero-order valence-electron chi connectivity index (χ0n) is 18.0. The van der Waals surface area contributed by atoms with Crippen LogP contribution in [0.15, 0.2) is 29.1 Å². The van der Waals surface area contributed by atoms with Crippen LogP contribution >= 0.6 is 11.3 Å². The molecule has 0 amide bonds. The first-order chi connectivity index (χ1) is 16.1. The van der Waals surface area contributed by atoms with Crippen LogP contribution in [0.25, 0.3) is 0 Å². The monoisotopic (exact) mass is 498 g/mol. The van der Waals surface area contributed by atoms with Gasteiger partial charge in [0.1, 0.15) is 5.82 Å². The van der Waals surface area contributed by atoms with Gasteiger partial charge in [0, 0.05) is 30.4 Å². The van der Waals surface area contributed by atoms with Crippen LogP contribution < -0.4 is 0 Å². The van der Waals surface area contributed by atoms with Crippen molar-refractivity contribution in [3.63, 3.8) is 0 Å². The number of benzene rings is 1. The number of piperidine rings is 1. The quantitative estimate of drug-likeness (QED) is 0.351. The maximum atomic E-state index is 14.0. The molecule has 4 heterocycles. The van der Waals surface area contributed by atoms with Crippen LogP contribution in [-0.4, -0.2) is 46.6 Å². The molecule has 34 heavy (non-hydrogen) atoms. The lowest BCUT2D eigenvalue weighted by Gasteiger charge is -2.45. The van der Waals surface area contributed by atoms with E-state index in [-0.39, 0.29) is 30.9 Å². The first-order valence-corrected chi connectivity index (χ1v) is 12.0. The molecule has 11 heteroatoms. The summed E-state index contributed by atoms with van der Waals surface area (Å²) in [7, 11) is 0. The van der Waals surface area contributed by atoms with Gasteiger partial charge in [-0.05, 0) is 48.9 Å². The number of esters is 2. The zero-order chi connectivity index (χ0) is 24.1. The predicted molar refractivity (Wildman–Crippen MR) is 112 cm³/mol. The number of hydrogen-bond acceptors (Lipinski definition) is 7. The molecule has 3 unspecified atom stereocenters. The molecule has 3 atom stereocenters. The fourth-order valence-corrected chi connectivity index (χ4v) is 6.20. The van der Waals surface area contributed by atoms with Crippen molar-refractivity contribution in [2.45, 2.75) is 62.6 Å². The Morgan fingerprint density at radius 2 is 2.00 bits per heavy atom. The fourth-order valence-electron chi connectivity index (χ4n) is 5.63. The summed E-state index contributed by atoms with van der Waals surface area (Å²) in [4.78, 5) is 30.2. The fraction of sp³-hybridized carbons (Fsp3) is 0.522. The second-order valence-electron chi connectivity index (χ2n) is 9.16. The second-order valence-corrected chi connectivity index (χ2v) is 9.88. The van der Waals surface area contributed by atoms with E-state index in [1.807, 2.05) is 0 Å². The topological polar surface area (TPSA) is 68.7 Å². The molecule has 3 aliphatic heterocycles. The summed E-state index contributed by atoms with van der Waals surface area (Å²) < 4.78 is 62.4. The molecule has 3 aliphatic rings. The Morgan fingerprint density at radius 3 is 2.65 bits per heavy atom. The van der Waals surface area contributed by atoms with Crippen molar-refractivity contribution < 1.29 is 36.6 Å². The Kier molecular flexibility index (Phi) is 5.97. The molecule has 0 radical (unpaired) electrons. The zero-order valence-corrected chi connectivity index (χ0v) is 18.8. The number of carbonyl (C=O) groups is 2. The minimum atomic E-state index is -5.25. The van der Waals surface area contributed by atoms with Crippen molar-refractivity contribution >= 4 is 23.3 Å². The van der Waals surface area contributed by atoms with Crippen LogP contribution in [0.4, 0.5) is 17.6 Å². The number of alkyl halides is 3. The summed E-state index contributed by atoms with van der Waals surface area (Å²) >= 11 is 1.31. The molecule has 2 fully saturated rings. The van der Waals surface area contributed by atoms with E-state index in [1.165, 1.54) is 23.5 Å². The molecule has 0 aliphatic carbocycles. The highest BCUT2D eigenvalue weighted by Crippen LogP contribution is 2.52. The Balaban J connectivity index is 1.34. The number of hydrogen-bond donors (Lipinski definition) is 0. The van der Waals surface area contributed by atoms with Crippen LogP contribution in [-0.2, 0) is 37.7 Å². The van der Waals surface area contributed by atoms with Gasteiger partial charge in [-0.25, -0.2) is 14.2 Å². The van der Waals surface area contributed by atoms with Gasteiger partial charge < -0.3 is 9.47 Å². The third kappa shape index (κ3) is 4.36. The summed E-state index contributed by atoms with van der Waals surface area (Å²) in [5, 5.41) is 1.71. The molecule has 1 aromatic heterocycles. The molecule has 0 N–H and O–H groups in total. The van der Waals surface area contributed by atoms with Gasteiger partial charge in [0.2, 0.25) is 0 Å². The first kappa shape index (κ1) is 23.4. The lowest BCUT2D eigenvalue weighted by atomic mass is 9.79. The number of fused-ring (bicyclic) bond motifs is 4. The van der Waals surface area contributed by atoms with E-state index in [9.17, 15) is 27.2 Å². The van der Waals surface area contributed by atoms with Gasteiger partial charge in [-0.1, -0.05) is 6.07 Å². The summed E-state index contributed by atoms with van der Waals surface area (Å²) in [5.41, 5.74) is 3.34. The highest BCUT2D eigenvalue weighted by Gasteiger charge is 2.53. The Bertz CT molecular complexity index is 1080. The average molecular weight is 498 g/mol. The van der Waals surface area contributed by atoms with E-state index in [4.69, 9.17) is 4.74 Å². The summed E-state index contributed by atoms with van der Waals surface area (Å²) in [6.45, 7) is 0.552. The first-order valence-electron chi connectivity index (χ1n) is 11.0. The summed E-state index contributed by atoms with van der Waals surface area (Å²) in [6, 6.07) is 4.71. The van der Waals surface area contributed by atoms with E-state index in [0.29, 0.717) is 25.1 Å². The van der Waals surface area contributed by atoms with E-state index in [1.54, 1.807) is 17.0 Å². The summed E-state index contributed by atoms with van der Waals surface area (Å²) in [6.07, 6.45) is -2.32. The van der Waals surface area contributed by atoms with E-state index >= 15 is 0 Å². The Labute approximate surface area is 196 Å². The minimum absolute atomic E-state index is 0.0111. The van der Waals surface area contributed by atoms with E-state index in [2.05, 4.69) is 14.6 Å². The molecule has 2 bridgehead atoms. The number of rotatable bonds is 5. The third-order valence-electron chi connectivity index (χ3n) is 7.10. The van der Waals surface area contributed by atoms with Crippen molar-refractivity contribution in [3.05, 3.63) is 51.7 Å². The molecule has 6 nitrogen and oxygen atoms in total. The number of halogens is 4. The maximum Gasteiger partial charge on any atom is 0.491 e. The maximum absolute atomic E-state index is 14.0. The van der Waals surface area contributed by atoms with Gasteiger partial charge >= 0.3 is 18.1 Å². The Hall–Kier alpha value is -2.37. The molecule has 5 rings (SSSR count). The average Bonchev–Trinajstić information content (AvgIpc) is 3.46. The molecule has 1 spiro atoms. The number of aromatic nitrogens is 1. The third-order valence-corrected chi connectivity index (χ3v) is 7.73. The largest absolute Gasteiger partial charge is 0.491 e. The molecule has 2 saturated heterocycles. The van der Waals surface area contributed by atoms with Crippen molar-refractivity contribution in [1.29, 1.82) is 0 Å².